The molecule has 1 aromatic heterocycles. The standard InChI is InChI=1S/C17H14N2OS/c1-19-11-10-18-17(19)21-16-12-6-2-4-8-14(12)20-15-9-5-3-7-13(15)16/h2-11,16H,1H3. The molecule has 21 heavy (non-hydrogen) atoms. The summed E-state index contributed by atoms with van der Waals surface area (Å²) in [4.78, 5) is 4.44. The minimum Gasteiger partial charge on any atom is -0.457 e. The van der Waals surface area contributed by atoms with Gasteiger partial charge in [0, 0.05) is 30.6 Å². The van der Waals surface area contributed by atoms with Crippen molar-refractivity contribution in [3.63, 3.8) is 0 Å². The minimum atomic E-state index is 0.201. The quantitative estimate of drug-likeness (QED) is 0.700. The van der Waals surface area contributed by atoms with E-state index in [0.29, 0.717) is 0 Å². The van der Waals surface area contributed by atoms with Crippen molar-refractivity contribution in [1.82, 2.24) is 9.55 Å². The summed E-state index contributed by atoms with van der Waals surface area (Å²) < 4.78 is 8.06. The first-order chi connectivity index (χ1) is 10.3. The van der Waals surface area contributed by atoms with Gasteiger partial charge in [0.15, 0.2) is 5.16 Å². The van der Waals surface area contributed by atoms with E-state index in [2.05, 4.69) is 29.2 Å². The number of ether oxygens (including phenoxy) is 1. The van der Waals surface area contributed by atoms with Gasteiger partial charge in [-0.15, -0.1) is 0 Å². The van der Waals surface area contributed by atoms with Crippen molar-refractivity contribution >= 4 is 11.8 Å². The summed E-state index contributed by atoms with van der Waals surface area (Å²) >= 11 is 1.76. The Kier molecular flexibility index (Phi) is 2.97. The van der Waals surface area contributed by atoms with Gasteiger partial charge in [0.25, 0.3) is 0 Å². The summed E-state index contributed by atoms with van der Waals surface area (Å²) in [5.41, 5.74) is 2.40. The van der Waals surface area contributed by atoms with E-state index in [4.69, 9.17) is 4.74 Å². The van der Waals surface area contributed by atoms with E-state index in [1.54, 1.807) is 11.8 Å². The monoisotopic (exact) mass is 294 g/mol. The highest BCUT2D eigenvalue weighted by molar-refractivity contribution is 7.99. The topological polar surface area (TPSA) is 27.1 Å². The second-order valence-electron chi connectivity index (χ2n) is 5.00. The molecular formula is C17H14N2OS. The highest BCUT2D eigenvalue weighted by atomic mass is 32.2. The largest absolute Gasteiger partial charge is 0.457 e. The fraction of sp³-hybridized carbons (Fsp3) is 0.118. The smallest absolute Gasteiger partial charge is 0.168 e. The Hall–Kier alpha value is -2.20. The van der Waals surface area contributed by atoms with Gasteiger partial charge in [-0.3, -0.25) is 0 Å². The summed E-state index contributed by atoms with van der Waals surface area (Å²) in [7, 11) is 2.02. The van der Waals surface area contributed by atoms with E-state index in [-0.39, 0.29) is 5.25 Å². The summed E-state index contributed by atoms with van der Waals surface area (Å²) in [6, 6.07) is 16.4. The number of fused-ring (bicyclic) bond motifs is 2. The molecule has 0 amide bonds. The Morgan fingerprint density at radius 1 is 1.00 bits per heavy atom. The number of nitrogens with zero attached hydrogens (tertiary/aromatic N) is 2. The molecule has 0 radical (unpaired) electrons. The third-order valence-corrected chi connectivity index (χ3v) is 4.97. The van der Waals surface area contributed by atoms with Gasteiger partial charge in [0.05, 0.1) is 5.25 Å². The predicted molar refractivity (Wildman–Crippen MR) is 83.9 cm³/mol. The molecule has 0 N–H and O–H groups in total. The first kappa shape index (κ1) is 12.5. The highest BCUT2D eigenvalue weighted by Gasteiger charge is 2.28. The van der Waals surface area contributed by atoms with Crippen LogP contribution in [0.2, 0.25) is 0 Å². The Morgan fingerprint density at radius 3 is 2.19 bits per heavy atom. The normalized spacial score (nSPS) is 13.4. The third-order valence-electron chi connectivity index (χ3n) is 3.62. The SMILES string of the molecule is Cn1ccnc1SC1c2ccccc2Oc2ccccc21. The molecule has 1 aliphatic rings. The fourth-order valence-corrected chi connectivity index (χ4v) is 3.77. The second kappa shape index (κ2) is 4.97. The van der Waals surface area contributed by atoms with Crippen LogP contribution < -0.4 is 4.74 Å². The predicted octanol–water partition coefficient (Wildman–Crippen LogP) is 4.41. The number of rotatable bonds is 2. The number of benzene rings is 2. The third kappa shape index (κ3) is 2.12. The molecule has 4 rings (SSSR count). The number of hydrogen-bond donors (Lipinski definition) is 0. The van der Waals surface area contributed by atoms with Gasteiger partial charge in [0.1, 0.15) is 11.5 Å². The zero-order valence-electron chi connectivity index (χ0n) is 11.6. The average Bonchev–Trinajstić information content (AvgIpc) is 2.92. The summed E-state index contributed by atoms with van der Waals surface area (Å²) in [6.07, 6.45) is 3.80. The van der Waals surface area contributed by atoms with Gasteiger partial charge in [-0.05, 0) is 12.1 Å². The molecule has 0 spiro atoms. The molecule has 1 aliphatic heterocycles. The molecule has 3 nitrogen and oxygen atoms in total. The van der Waals surface area contributed by atoms with Crippen molar-refractivity contribution in [3.05, 3.63) is 72.1 Å². The summed E-state index contributed by atoms with van der Waals surface area (Å²) in [5, 5.41) is 1.21. The Balaban J connectivity index is 1.83. The molecule has 2 heterocycles. The van der Waals surface area contributed by atoms with Crippen LogP contribution in [-0.4, -0.2) is 9.55 Å². The van der Waals surface area contributed by atoms with Gasteiger partial charge in [0.2, 0.25) is 0 Å². The molecule has 0 unspecified atom stereocenters. The van der Waals surface area contributed by atoms with Crippen molar-refractivity contribution in [2.24, 2.45) is 7.05 Å². The summed E-state index contributed by atoms with van der Waals surface area (Å²) in [5.74, 6) is 1.87. The lowest BCUT2D eigenvalue weighted by Gasteiger charge is -2.27. The molecule has 0 saturated carbocycles. The molecular weight excluding hydrogens is 280 g/mol. The average molecular weight is 294 g/mol. The molecule has 0 fully saturated rings. The second-order valence-corrected chi connectivity index (χ2v) is 6.07. The van der Waals surface area contributed by atoms with Crippen molar-refractivity contribution < 1.29 is 4.74 Å². The van der Waals surface area contributed by atoms with Gasteiger partial charge in [-0.25, -0.2) is 4.98 Å². The van der Waals surface area contributed by atoms with Crippen LogP contribution in [0.15, 0.2) is 66.1 Å². The van der Waals surface area contributed by atoms with E-state index in [1.165, 1.54) is 11.1 Å². The van der Waals surface area contributed by atoms with Gasteiger partial charge in [-0.2, -0.15) is 0 Å². The van der Waals surface area contributed by atoms with Crippen LogP contribution in [-0.2, 0) is 7.05 Å². The van der Waals surface area contributed by atoms with Crippen LogP contribution in [0.1, 0.15) is 16.4 Å². The molecule has 0 bridgehead atoms. The van der Waals surface area contributed by atoms with Crippen molar-refractivity contribution in [3.8, 4) is 11.5 Å². The van der Waals surface area contributed by atoms with Crippen molar-refractivity contribution in [2.45, 2.75) is 10.4 Å². The maximum atomic E-state index is 6.02. The van der Waals surface area contributed by atoms with Crippen LogP contribution in [0.4, 0.5) is 0 Å². The van der Waals surface area contributed by atoms with E-state index in [9.17, 15) is 0 Å². The lowest BCUT2D eigenvalue weighted by molar-refractivity contribution is 0.459. The first-order valence-electron chi connectivity index (χ1n) is 6.82. The van der Waals surface area contributed by atoms with Gasteiger partial charge < -0.3 is 9.30 Å². The lowest BCUT2D eigenvalue weighted by atomic mass is 10.00. The van der Waals surface area contributed by atoms with E-state index in [0.717, 1.165) is 16.7 Å². The number of imidazole rings is 1. The van der Waals surface area contributed by atoms with Crippen molar-refractivity contribution in [2.75, 3.05) is 0 Å². The van der Waals surface area contributed by atoms with Crippen LogP contribution in [0.5, 0.6) is 11.5 Å². The molecule has 4 heteroatoms. The van der Waals surface area contributed by atoms with Crippen LogP contribution in [0, 0.1) is 0 Å². The highest BCUT2D eigenvalue weighted by Crippen LogP contribution is 2.50. The Labute approximate surface area is 127 Å². The van der Waals surface area contributed by atoms with Gasteiger partial charge in [-0.1, -0.05) is 48.2 Å². The number of hydrogen-bond acceptors (Lipinski definition) is 3. The maximum absolute atomic E-state index is 6.02. The molecule has 2 aromatic carbocycles. The first-order valence-corrected chi connectivity index (χ1v) is 7.70. The molecule has 0 atom stereocenters. The van der Waals surface area contributed by atoms with E-state index >= 15 is 0 Å². The zero-order valence-corrected chi connectivity index (χ0v) is 12.4. The minimum absolute atomic E-state index is 0.201. The zero-order chi connectivity index (χ0) is 14.2. The lowest BCUT2D eigenvalue weighted by Crippen LogP contribution is -2.08. The van der Waals surface area contributed by atoms with E-state index in [1.807, 2.05) is 48.3 Å². The molecule has 104 valence electrons. The number of aromatic nitrogens is 2. The van der Waals surface area contributed by atoms with Crippen LogP contribution in [0.25, 0.3) is 0 Å². The maximum Gasteiger partial charge on any atom is 0.168 e. The van der Waals surface area contributed by atoms with Crippen LogP contribution in [0.3, 0.4) is 0 Å². The molecule has 0 saturated heterocycles. The van der Waals surface area contributed by atoms with Gasteiger partial charge >= 0.3 is 0 Å². The Morgan fingerprint density at radius 2 is 1.62 bits per heavy atom. The number of thioether (sulfide) groups is 1. The molecule has 0 aliphatic carbocycles. The molecule has 3 aromatic rings. The number of para-hydroxylation sites is 2. The Bertz CT molecular complexity index is 751. The summed E-state index contributed by atoms with van der Waals surface area (Å²) in [6.45, 7) is 0. The fourth-order valence-electron chi connectivity index (χ4n) is 2.56. The van der Waals surface area contributed by atoms with E-state index < -0.39 is 0 Å². The van der Waals surface area contributed by atoms with Crippen LogP contribution >= 0.6 is 11.8 Å². The van der Waals surface area contributed by atoms with Crippen molar-refractivity contribution in [1.29, 1.82) is 0 Å². The number of aryl methyl sites for hydroxylation is 1.